The van der Waals surface area contributed by atoms with E-state index in [1.165, 1.54) is 0 Å². The Labute approximate surface area is 106 Å². The second-order valence-corrected chi connectivity index (χ2v) is 6.92. The van der Waals surface area contributed by atoms with Crippen molar-refractivity contribution in [2.75, 3.05) is 0 Å². The Kier molecular flexibility index (Phi) is 1.92. The van der Waals surface area contributed by atoms with Gasteiger partial charge in [0, 0.05) is 0 Å². The summed E-state index contributed by atoms with van der Waals surface area (Å²) in [5, 5.41) is 0. The van der Waals surface area contributed by atoms with Gasteiger partial charge in [-0.15, -0.1) is 0 Å². The molecule has 5 heteroatoms. The maximum atomic E-state index is 12.5. The van der Waals surface area contributed by atoms with E-state index < -0.39 is 10.0 Å². The van der Waals surface area contributed by atoms with Crippen LogP contribution in [0.4, 0.5) is 0 Å². The van der Waals surface area contributed by atoms with Gasteiger partial charge in [0.1, 0.15) is 12.2 Å². The highest BCUT2D eigenvalue weighted by Crippen LogP contribution is 2.49. The molecule has 0 N–H and O–H groups in total. The molecule has 1 aromatic rings. The Morgan fingerprint density at radius 3 is 2.61 bits per heavy atom. The van der Waals surface area contributed by atoms with Gasteiger partial charge in [-0.25, -0.2) is 8.42 Å². The molecule has 2 aliphatic heterocycles. The standard InChI is InChI=1S/C13H13NO3S/c1-8-2-4-9(5-3-8)18(15,16)14-10-6-7-11-13(17-11)12(10)14/h2-7,10-13H,1H3/t10-,11+,12-,13+,14?/m0/s1. The molecule has 0 amide bonds. The third-order valence-electron chi connectivity index (χ3n) is 3.84. The molecular weight excluding hydrogens is 250 g/mol. The lowest BCUT2D eigenvalue weighted by Gasteiger charge is -2.06. The van der Waals surface area contributed by atoms with Crippen molar-refractivity contribution < 1.29 is 13.2 Å². The number of ether oxygens (including phenoxy) is 1. The van der Waals surface area contributed by atoms with E-state index >= 15 is 0 Å². The van der Waals surface area contributed by atoms with Crippen LogP contribution in [0, 0.1) is 6.92 Å². The van der Waals surface area contributed by atoms with Crippen molar-refractivity contribution in [3.05, 3.63) is 42.0 Å². The van der Waals surface area contributed by atoms with Crippen LogP contribution in [-0.2, 0) is 14.8 Å². The molecule has 1 aliphatic carbocycles. The Hall–Kier alpha value is -1.17. The van der Waals surface area contributed by atoms with Gasteiger partial charge in [0.25, 0.3) is 0 Å². The fourth-order valence-corrected chi connectivity index (χ4v) is 4.48. The monoisotopic (exact) mass is 263 g/mol. The smallest absolute Gasteiger partial charge is 0.244 e. The van der Waals surface area contributed by atoms with Gasteiger partial charge in [0.2, 0.25) is 10.0 Å². The third kappa shape index (κ3) is 1.35. The highest BCUT2D eigenvalue weighted by Gasteiger charge is 2.66. The molecule has 94 valence electrons. The first-order valence-electron chi connectivity index (χ1n) is 6.03. The number of hydrogen-bond acceptors (Lipinski definition) is 3. The molecule has 0 spiro atoms. The minimum absolute atomic E-state index is 0.0000491. The zero-order valence-electron chi connectivity index (χ0n) is 9.85. The summed E-state index contributed by atoms with van der Waals surface area (Å²) in [6, 6.07) is 7.01. The van der Waals surface area contributed by atoms with Gasteiger partial charge in [-0.05, 0) is 19.1 Å². The number of benzene rings is 1. The topological polar surface area (TPSA) is 49.7 Å². The summed E-state index contributed by atoms with van der Waals surface area (Å²) in [5.74, 6) is 0. The molecular formula is C13H13NO3S. The Balaban J connectivity index is 1.69. The summed E-state index contributed by atoms with van der Waals surface area (Å²) in [4.78, 5) is 0.369. The highest BCUT2D eigenvalue weighted by molar-refractivity contribution is 7.89. The van der Waals surface area contributed by atoms with Gasteiger partial charge >= 0.3 is 0 Å². The summed E-state index contributed by atoms with van der Waals surface area (Å²) in [7, 11) is -3.37. The first-order valence-corrected chi connectivity index (χ1v) is 7.47. The predicted molar refractivity (Wildman–Crippen MR) is 65.6 cm³/mol. The van der Waals surface area contributed by atoms with Gasteiger partial charge in [-0.2, -0.15) is 4.31 Å². The van der Waals surface area contributed by atoms with Gasteiger partial charge in [-0.1, -0.05) is 29.8 Å². The van der Waals surface area contributed by atoms with E-state index in [0.29, 0.717) is 4.90 Å². The fourth-order valence-electron chi connectivity index (χ4n) is 2.73. The Morgan fingerprint density at radius 1 is 1.17 bits per heavy atom. The van der Waals surface area contributed by atoms with Crippen molar-refractivity contribution in [3.63, 3.8) is 0 Å². The van der Waals surface area contributed by atoms with E-state index in [4.69, 9.17) is 4.74 Å². The molecule has 0 radical (unpaired) electrons. The van der Waals surface area contributed by atoms with Crippen LogP contribution in [-0.4, -0.2) is 37.0 Å². The van der Waals surface area contributed by atoms with Crippen molar-refractivity contribution in [2.45, 2.75) is 36.1 Å². The zero-order chi connectivity index (χ0) is 12.5. The van der Waals surface area contributed by atoms with E-state index in [-0.39, 0.29) is 24.3 Å². The molecule has 4 rings (SSSR count). The quantitative estimate of drug-likeness (QED) is 0.592. The van der Waals surface area contributed by atoms with Crippen LogP contribution < -0.4 is 0 Å². The normalized spacial score (nSPS) is 39.9. The maximum Gasteiger partial charge on any atom is 0.244 e. The predicted octanol–water partition coefficient (Wildman–Crippen LogP) is 1.07. The molecule has 18 heavy (non-hydrogen) atoms. The molecule has 0 aromatic heterocycles. The molecule has 2 fully saturated rings. The largest absolute Gasteiger partial charge is 0.363 e. The number of epoxide rings is 1. The van der Waals surface area contributed by atoms with Gasteiger partial charge in [0.15, 0.2) is 0 Å². The lowest BCUT2D eigenvalue weighted by Crippen LogP contribution is -2.17. The summed E-state index contributed by atoms with van der Waals surface area (Å²) in [6.45, 7) is 1.94. The lowest BCUT2D eigenvalue weighted by atomic mass is 10.1. The van der Waals surface area contributed by atoms with Gasteiger partial charge in [-0.3, -0.25) is 0 Å². The summed E-state index contributed by atoms with van der Waals surface area (Å²) in [5.41, 5.74) is 1.06. The van der Waals surface area contributed by atoms with E-state index in [9.17, 15) is 8.42 Å². The molecule has 2 saturated heterocycles. The molecule has 4 nitrogen and oxygen atoms in total. The highest BCUT2D eigenvalue weighted by atomic mass is 32.2. The molecule has 1 unspecified atom stereocenters. The molecule has 5 atom stereocenters. The minimum Gasteiger partial charge on any atom is -0.363 e. The molecule has 1 aromatic carbocycles. The van der Waals surface area contributed by atoms with Crippen LogP contribution in [0.2, 0.25) is 0 Å². The van der Waals surface area contributed by atoms with Crippen molar-refractivity contribution in [2.24, 2.45) is 0 Å². The second-order valence-electron chi connectivity index (χ2n) is 5.08. The van der Waals surface area contributed by atoms with E-state index in [1.54, 1.807) is 16.4 Å². The van der Waals surface area contributed by atoms with E-state index in [1.807, 2.05) is 31.2 Å². The number of fused-ring (bicyclic) bond motifs is 3. The first-order chi connectivity index (χ1) is 8.59. The van der Waals surface area contributed by atoms with Crippen LogP contribution in [0.5, 0.6) is 0 Å². The molecule has 3 aliphatic rings. The number of nitrogens with zero attached hydrogens (tertiary/aromatic N) is 1. The summed E-state index contributed by atoms with van der Waals surface area (Å²) >= 11 is 0. The Bertz CT molecular complexity index is 635. The lowest BCUT2D eigenvalue weighted by molar-refractivity contribution is 0.377. The number of sulfonamides is 1. The second kappa shape index (κ2) is 3.23. The van der Waals surface area contributed by atoms with E-state index in [2.05, 4.69) is 0 Å². The fraction of sp³-hybridized carbons (Fsp3) is 0.385. The average Bonchev–Trinajstić information content (AvgIpc) is 3.21. The van der Waals surface area contributed by atoms with Crippen molar-refractivity contribution >= 4 is 10.0 Å². The minimum atomic E-state index is -3.37. The van der Waals surface area contributed by atoms with Gasteiger partial charge < -0.3 is 4.74 Å². The SMILES string of the molecule is Cc1ccc(S(=O)(=O)N2[C@@H]3[C@@H]4O[C@@H]4C=C[C@@H]32)cc1. The van der Waals surface area contributed by atoms with Crippen LogP contribution in [0.15, 0.2) is 41.3 Å². The average molecular weight is 263 g/mol. The maximum absolute atomic E-state index is 12.5. The number of hydrogen-bond donors (Lipinski definition) is 0. The van der Waals surface area contributed by atoms with Crippen LogP contribution in [0.3, 0.4) is 0 Å². The van der Waals surface area contributed by atoms with E-state index in [0.717, 1.165) is 5.56 Å². The first kappa shape index (κ1) is 10.7. The zero-order valence-corrected chi connectivity index (χ0v) is 10.7. The molecule has 0 bridgehead atoms. The molecule has 2 heterocycles. The van der Waals surface area contributed by atoms with Crippen molar-refractivity contribution in [3.8, 4) is 0 Å². The third-order valence-corrected chi connectivity index (χ3v) is 5.75. The summed E-state index contributed by atoms with van der Waals surface area (Å²) in [6.07, 6.45) is 4.14. The number of aryl methyl sites for hydroxylation is 1. The summed E-state index contributed by atoms with van der Waals surface area (Å²) < 4.78 is 31.9. The van der Waals surface area contributed by atoms with Crippen LogP contribution >= 0.6 is 0 Å². The van der Waals surface area contributed by atoms with Gasteiger partial charge in [0.05, 0.1) is 17.0 Å². The van der Waals surface area contributed by atoms with Crippen LogP contribution in [0.25, 0.3) is 0 Å². The Morgan fingerprint density at radius 2 is 1.89 bits per heavy atom. The van der Waals surface area contributed by atoms with Crippen molar-refractivity contribution in [1.29, 1.82) is 0 Å². The number of rotatable bonds is 2. The molecule has 0 saturated carbocycles. The van der Waals surface area contributed by atoms with Crippen LogP contribution in [0.1, 0.15) is 5.56 Å². The van der Waals surface area contributed by atoms with Crippen molar-refractivity contribution in [1.82, 2.24) is 4.31 Å².